The fourth-order valence-electron chi connectivity index (χ4n) is 1.68. The molecule has 0 fully saturated rings. The third-order valence-corrected chi connectivity index (χ3v) is 3.81. The molecule has 2 aromatic heterocycles. The standard InChI is InChI=1S/C14H15NO4S/c1-4-9-6-7-10(19-9)13-15-11(14(17)18-5-2)12(20-13)8(3)16/h6-7H,4-5H2,1-3H3. The van der Waals surface area contributed by atoms with Gasteiger partial charge in [0, 0.05) is 13.3 Å². The van der Waals surface area contributed by atoms with Crippen molar-refractivity contribution in [3.8, 4) is 10.8 Å². The molecule has 2 heterocycles. The van der Waals surface area contributed by atoms with E-state index < -0.39 is 5.97 Å². The molecule has 2 aromatic rings. The van der Waals surface area contributed by atoms with E-state index in [0.717, 1.165) is 23.5 Å². The first kappa shape index (κ1) is 14.5. The highest BCUT2D eigenvalue weighted by Crippen LogP contribution is 2.30. The summed E-state index contributed by atoms with van der Waals surface area (Å²) in [6, 6.07) is 3.64. The maximum Gasteiger partial charge on any atom is 0.358 e. The zero-order chi connectivity index (χ0) is 14.7. The van der Waals surface area contributed by atoms with Crippen molar-refractivity contribution in [2.45, 2.75) is 27.2 Å². The van der Waals surface area contributed by atoms with Gasteiger partial charge < -0.3 is 9.15 Å². The molecular formula is C14H15NO4S. The fourth-order valence-corrected chi connectivity index (χ4v) is 2.59. The van der Waals surface area contributed by atoms with Crippen LogP contribution in [0.1, 0.15) is 46.7 Å². The zero-order valence-corrected chi connectivity index (χ0v) is 12.4. The Morgan fingerprint density at radius 2 is 2.10 bits per heavy atom. The predicted molar refractivity (Wildman–Crippen MR) is 75.2 cm³/mol. The number of hydrogen-bond acceptors (Lipinski definition) is 6. The van der Waals surface area contributed by atoms with E-state index in [1.807, 2.05) is 13.0 Å². The Labute approximate surface area is 120 Å². The summed E-state index contributed by atoms with van der Waals surface area (Å²) in [4.78, 5) is 27.9. The minimum absolute atomic E-state index is 0.0637. The van der Waals surface area contributed by atoms with Gasteiger partial charge in [-0.15, -0.1) is 11.3 Å². The van der Waals surface area contributed by atoms with Crippen molar-refractivity contribution < 1.29 is 18.7 Å². The number of ketones is 1. The second-order valence-corrected chi connectivity index (χ2v) is 5.09. The summed E-state index contributed by atoms with van der Waals surface area (Å²) in [5.41, 5.74) is 0.0637. The highest BCUT2D eigenvalue weighted by molar-refractivity contribution is 7.17. The van der Waals surface area contributed by atoms with E-state index in [4.69, 9.17) is 9.15 Å². The SMILES string of the molecule is CCOC(=O)c1nc(-c2ccc(CC)o2)sc1C(C)=O. The lowest BCUT2D eigenvalue weighted by Crippen LogP contribution is -2.09. The minimum Gasteiger partial charge on any atom is -0.461 e. The number of esters is 1. The third kappa shape index (κ3) is 2.80. The van der Waals surface area contributed by atoms with Gasteiger partial charge >= 0.3 is 5.97 Å². The smallest absolute Gasteiger partial charge is 0.358 e. The normalized spacial score (nSPS) is 10.6. The Kier molecular flexibility index (Phi) is 4.34. The van der Waals surface area contributed by atoms with Gasteiger partial charge in [0.1, 0.15) is 10.6 Å². The molecular weight excluding hydrogens is 278 g/mol. The molecule has 0 aliphatic rings. The number of nitrogens with zero attached hydrogens (tertiary/aromatic N) is 1. The van der Waals surface area contributed by atoms with Crippen molar-refractivity contribution in [3.05, 3.63) is 28.5 Å². The van der Waals surface area contributed by atoms with Gasteiger partial charge in [0.05, 0.1) is 6.61 Å². The summed E-state index contributed by atoms with van der Waals surface area (Å²) in [5, 5.41) is 0.512. The Morgan fingerprint density at radius 3 is 2.65 bits per heavy atom. The monoisotopic (exact) mass is 293 g/mol. The van der Waals surface area contributed by atoms with Gasteiger partial charge in [-0.1, -0.05) is 6.92 Å². The van der Waals surface area contributed by atoms with Crippen LogP contribution in [0.15, 0.2) is 16.5 Å². The van der Waals surface area contributed by atoms with Crippen LogP contribution in [0.25, 0.3) is 10.8 Å². The summed E-state index contributed by atoms with van der Waals surface area (Å²) in [6.07, 6.45) is 0.773. The Morgan fingerprint density at radius 1 is 1.35 bits per heavy atom. The van der Waals surface area contributed by atoms with Crippen LogP contribution >= 0.6 is 11.3 Å². The van der Waals surface area contributed by atoms with Crippen LogP contribution in [0.3, 0.4) is 0 Å². The number of aromatic nitrogens is 1. The second-order valence-electron chi connectivity index (χ2n) is 4.09. The van der Waals surface area contributed by atoms with E-state index in [-0.39, 0.29) is 18.1 Å². The summed E-state index contributed by atoms with van der Waals surface area (Å²) >= 11 is 1.14. The summed E-state index contributed by atoms with van der Waals surface area (Å²) in [5.74, 6) is 0.601. The number of carbonyl (C=O) groups is 2. The van der Waals surface area contributed by atoms with Crippen LogP contribution in [0, 0.1) is 0 Å². The van der Waals surface area contributed by atoms with Crippen LogP contribution in [-0.2, 0) is 11.2 Å². The molecule has 0 saturated carbocycles. The number of aryl methyl sites for hydroxylation is 1. The molecule has 0 aromatic carbocycles. The Balaban J connectivity index is 2.43. The van der Waals surface area contributed by atoms with E-state index in [1.54, 1.807) is 13.0 Å². The van der Waals surface area contributed by atoms with Crippen molar-refractivity contribution in [1.29, 1.82) is 0 Å². The average Bonchev–Trinajstić information content (AvgIpc) is 3.05. The number of furan rings is 1. The molecule has 6 heteroatoms. The molecule has 0 N–H and O–H groups in total. The third-order valence-electron chi connectivity index (χ3n) is 2.64. The van der Waals surface area contributed by atoms with Crippen molar-refractivity contribution in [1.82, 2.24) is 4.98 Å². The van der Waals surface area contributed by atoms with Crippen LogP contribution in [0.5, 0.6) is 0 Å². The van der Waals surface area contributed by atoms with Gasteiger partial charge in [-0.3, -0.25) is 4.79 Å². The highest BCUT2D eigenvalue weighted by atomic mass is 32.1. The molecule has 20 heavy (non-hydrogen) atoms. The number of hydrogen-bond donors (Lipinski definition) is 0. The summed E-state index contributed by atoms with van der Waals surface area (Å²) in [6.45, 7) is 5.33. The second kappa shape index (κ2) is 6.00. The van der Waals surface area contributed by atoms with Crippen LogP contribution < -0.4 is 0 Å². The average molecular weight is 293 g/mol. The molecule has 0 bridgehead atoms. The molecule has 5 nitrogen and oxygen atoms in total. The first-order chi connectivity index (χ1) is 9.56. The minimum atomic E-state index is -0.581. The van der Waals surface area contributed by atoms with E-state index >= 15 is 0 Å². The molecule has 0 radical (unpaired) electrons. The molecule has 2 rings (SSSR count). The molecule has 0 saturated heterocycles. The molecule has 0 aliphatic heterocycles. The maximum atomic E-state index is 11.8. The number of thiazole rings is 1. The lowest BCUT2D eigenvalue weighted by molar-refractivity contribution is 0.0517. The molecule has 0 atom stereocenters. The quantitative estimate of drug-likeness (QED) is 0.624. The van der Waals surface area contributed by atoms with E-state index in [1.165, 1.54) is 6.92 Å². The van der Waals surface area contributed by atoms with Crippen molar-refractivity contribution in [2.75, 3.05) is 6.61 Å². The largest absolute Gasteiger partial charge is 0.461 e. The van der Waals surface area contributed by atoms with Gasteiger partial charge in [0.25, 0.3) is 0 Å². The maximum absolute atomic E-state index is 11.8. The number of carbonyl (C=O) groups excluding carboxylic acids is 2. The zero-order valence-electron chi connectivity index (χ0n) is 11.6. The number of rotatable bonds is 5. The fraction of sp³-hybridized carbons (Fsp3) is 0.357. The van der Waals surface area contributed by atoms with Gasteiger partial charge in [-0.25, -0.2) is 9.78 Å². The number of ether oxygens (including phenoxy) is 1. The molecule has 0 aliphatic carbocycles. The van der Waals surface area contributed by atoms with Gasteiger partial charge in [-0.2, -0.15) is 0 Å². The van der Waals surface area contributed by atoms with Crippen LogP contribution in [0.4, 0.5) is 0 Å². The lowest BCUT2D eigenvalue weighted by atomic mass is 10.3. The first-order valence-corrected chi connectivity index (χ1v) is 7.16. The molecule has 106 valence electrons. The summed E-state index contributed by atoms with van der Waals surface area (Å²) in [7, 11) is 0. The van der Waals surface area contributed by atoms with Crippen molar-refractivity contribution in [3.63, 3.8) is 0 Å². The highest BCUT2D eigenvalue weighted by Gasteiger charge is 2.23. The van der Waals surface area contributed by atoms with Crippen molar-refractivity contribution in [2.24, 2.45) is 0 Å². The Hall–Kier alpha value is -1.95. The van der Waals surface area contributed by atoms with E-state index in [9.17, 15) is 9.59 Å². The van der Waals surface area contributed by atoms with Gasteiger partial charge in [0.15, 0.2) is 22.2 Å². The first-order valence-electron chi connectivity index (χ1n) is 6.34. The predicted octanol–water partition coefficient (Wildman–Crippen LogP) is 3.34. The van der Waals surface area contributed by atoms with Crippen molar-refractivity contribution >= 4 is 23.1 Å². The topological polar surface area (TPSA) is 69.4 Å². The summed E-state index contributed by atoms with van der Waals surface area (Å²) < 4.78 is 10.5. The van der Waals surface area contributed by atoms with E-state index in [0.29, 0.717) is 15.6 Å². The molecule has 0 amide bonds. The Bertz CT molecular complexity index is 641. The van der Waals surface area contributed by atoms with E-state index in [2.05, 4.69) is 4.98 Å². The lowest BCUT2D eigenvalue weighted by Gasteiger charge is -1.98. The molecule has 0 spiro atoms. The van der Waals surface area contributed by atoms with Crippen LogP contribution in [0.2, 0.25) is 0 Å². The van der Waals surface area contributed by atoms with Gasteiger partial charge in [-0.05, 0) is 19.1 Å². The molecule has 0 unspecified atom stereocenters. The van der Waals surface area contributed by atoms with Crippen LogP contribution in [-0.4, -0.2) is 23.3 Å². The van der Waals surface area contributed by atoms with Gasteiger partial charge in [0.2, 0.25) is 0 Å². The number of Topliss-reactive ketones (excluding diaryl/α,β-unsaturated/α-hetero) is 1.